The average Bonchev–Trinajstić information content (AvgIpc) is 3.29. The van der Waals surface area contributed by atoms with Crippen LogP contribution in [0.25, 0.3) is 21.9 Å². The number of fused-ring (bicyclic) bond motifs is 1. The van der Waals surface area contributed by atoms with Crippen molar-refractivity contribution in [3.05, 3.63) is 102 Å². The van der Waals surface area contributed by atoms with Crippen LogP contribution < -0.4 is 0 Å². The zero-order valence-corrected chi connectivity index (χ0v) is 26.0. The molecule has 3 aromatic rings. The SMILES string of the molecule is CC1=[C-]C(C)C(C)=C1C.Cc1c(C)c(C)c(-c2c[cH-]c3ccccc23)c(C)c1C.[CH3-].[CH3-].[Si]=[Zr]. The third-order valence-electron chi connectivity index (χ3n) is 7.19. The fourth-order valence-corrected chi connectivity index (χ4v) is 4.43. The number of benzene rings is 2. The van der Waals surface area contributed by atoms with Crippen LogP contribution in [-0.2, 0) is 23.3 Å². The molecule has 1 atom stereocenters. The molecule has 3 aromatic carbocycles. The molecule has 33 heavy (non-hydrogen) atoms. The summed E-state index contributed by atoms with van der Waals surface area (Å²) < 4.78 is 0. The van der Waals surface area contributed by atoms with E-state index in [0.29, 0.717) is 5.92 Å². The second-order valence-corrected chi connectivity index (χ2v) is 8.63. The molecule has 1 unspecified atom stereocenters. The van der Waals surface area contributed by atoms with Crippen molar-refractivity contribution in [2.75, 3.05) is 0 Å². The third kappa shape index (κ3) is 6.40. The fraction of sp³-hybridized carbons (Fsp3) is 0.323. The Morgan fingerprint density at radius 3 is 1.70 bits per heavy atom. The first-order chi connectivity index (χ1) is 14.6. The van der Waals surface area contributed by atoms with Gasteiger partial charge in [-0.2, -0.15) is 11.1 Å². The monoisotopic (exact) mass is 530 g/mol. The van der Waals surface area contributed by atoms with E-state index in [1.165, 1.54) is 89.8 Å². The second kappa shape index (κ2) is 13.5. The minimum atomic E-state index is 0. The quantitative estimate of drug-likeness (QED) is 0.217. The molecule has 4 rings (SSSR count). The molecule has 0 saturated heterocycles. The van der Waals surface area contributed by atoms with Gasteiger partial charge in [0.25, 0.3) is 0 Å². The fourth-order valence-electron chi connectivity index (χ4n) is 4.43. The average molecular weight is 532 g/mol. The van der Waals surface area contributed by atoms with Crippen molar-refractivity contribution in [3.63, 3.8) is 0 Å². The van der Waals surface area contributed by atoms with Gasteiger partial charge in [0, 0.05) is 0 Å². The minimum absolute atomic E-state index is 0. The summed E-state index contributed by atoms with van der Waals surface area (Å²) >= 11 is 1.36. The Hall–Kier alpha value is -1.37. The normalized spacial score (nSPS) is 14.3. The van der Waals surface area contributed by atoms with Crippen molar-refractivity contribution in [1.29, 1.82) is 0 Å². The van der Waals surface area contributed by atoms with Gasteiger partial charge in [-0.1, -0.05) is 38.3 Å². The van der Waals surface area contributed by atoms with Crippen LogP contribution >= 0.6 is 0 Å². The Bertz CT molecular complexity index is 1130. The van der Waals surface area contributed by atoms with Crippen molar-refractivity contribution >= 4 is 17.7 Å². The van der Waals surface area contributed by atoms with Gasteiger partial charge in [0.15, 0.2) is 0 Å². The zero-order valence-electron chi connectivity index (χ0n) is 22.5. The summed E-state index contributed by atoms with van der Waals surface area (Å²) in [6.45, 7) is 23.0. The molecule has 0 heterocycles. The van der Waals surface area contributed by atoms with E-state index in [9.17, 15) is 0 Å². The molecule has 2 heteroatoms. The first kappa shape index (κ1) is 31.6. The van der Waals surface area contributed by atoms with E-state index in [2.05, 4.69) is 112 Å². The molecular formula is C31H40SiZr-4. The van der Waals surface area contributed by atoms with Crippen LogP contribution in [0.3, 0.4) is 0 Å². The first-order valence-corrected chi connectivity index (χ1v) is 15.1. The van der Waals surface area contributed by atoms with Gasteiger partial charge in [0.1, 0.15) is 0 Å². The van der Waals surface area contributed by atoms with Crippen molar-refractivity contribution in [2.45, 2.75) is 62.3 Å². The number of rotatable bonds is 1. The van der Waals surface area contributed by atoms with Crippen molar-refractivity contribution < 1.29 is 23.3 Å². The molecule has 0 spiro atoms. The Labute approximate surface area is 221 Å². The van der Waals surface area contributed by atoms with Crippen LogP contribution in [0.2, 0.25) is 0 Å². The van der Waals surface area contributed by atoms with E-state index >= 15 is 0 Å². The first-order valence-electron chi connectivity index (χ1n) is 10.9. The molecule has 2 radical (unpaired) electrons. The molecule has 0 nitrogen and oxygen atoms in total. The van der Waals surface area contributed by atoms with Crippen LogP contribution in [0.1, 0.15) is 55.5 Å². The summed E-state index contributed by atoms with van der Waals surface area (Å²) in [5, 5.41) is 2.69. The van der Waals surface area contributed by atoms with Gasteiger partial charge >= 0.3 is 30.2 Å². The Morgan fingerprint density at radius 2 is 1.27 bits per heavy atom. The molecule has 0 aliphatic heterocycles. The van der Waals surface area contributed by atoms with Gasteiger partial charge in [-0.25, -0.2) is 5.57 Å². The molecule has 0 bridgehead atoms. The summed E-state index contributed by atoms with van der Waals surface area (Å²) in [5.41, 5.74) is 14.2. The standard InChI is InChI=1S/C20H21.C9H13.2CH3.Si.Zr/c1-12-13(2)15(4)20(16(5)14(12)3)19-11-10-17-8-6-7-9-18(17)19;1-6-5-7(2)9(4)8(6)3;;;;/h6-11H,1-5H3;6H,1-4H3;2*1H3;;/q4*-1;;. The van der Waals surface area contributed by atoms with E-state index < -0.39 is 0 Å². The Morgan fingerprint density at radius 1 is 0.788 bits per heavy atom. The third-order valence-corrected chi connectivity index (χ3v) is 7.19. The van der Waals surface area contributed by atoms with Gasteiger partial charge in [-0.3, -0.25) is 6.08 Å². The van der Waals surface area contributed by atoms with Gasteiger partial charge in [0.05, 0.1) is 0 Å². The molecule has 0 amide bonds. The van der Waals surface area contributed by atoms with Crippen LogP contribution in [-0.4, -0.2) is 6.88 Å². The predicted octanol–water partition coefficient (Wildman–Crippen LogP) is 9.01. The molecule has 1 aliphatic rings. The summed E-state index contributed by atoms with van der Waals surface area (Å²) in [7, 11) is 0. The number of hydrogen-bond donors (Lipinski definition) is 0. The van der Waals surface area contributed by atoms with E-state index in [0.717, 1.165) is 0 Å². The molecule has 0 saturated carbocycles. The van der Waals surface area contributed by atoms with Crippen molar-refractivity contribution in [2.24, 2.45) is 5.92 Å². The summed E-state index contributed by atoms with van der Waals surface area (Å²) in [4.78, 5) is 0. The van der Waals surface area contributed by atoms with Crippen molar-refractivity contribution in [1.82, 2.24) is 0 Å². The maximum absolute atomic E-state index is 3.36. The van der Waals surface area contributed by atoms with E-state index in [-0.39, 0.29) is 14.9 Å². The number of hydrogen-bond acceptors (Lipinski definition) is 0. The molecule has 176 valence electrons. The zero-order chi connectivity index (χ0) is 23.5. The van der Waals surface area contributed by atoms with Gasteiger partial charge in [-0.05, 0) is 62.4 Å². The Balaban J connectivity index is 0.000000672. The predicted molar refractivity (Wildman–Crippen MR) is 147 cm³/mol. The summed E-state index contributed by atoms with van der Waals surface area (Å²) in [6.07, 6.45) is 3.36. The molecule has 0 fully saturated rings. The summed E-state index contributed by atoms with van der Waals surface area (Å²) in [6, 6.07) is 13.2. The van der Waals surface area contributed by atoms with Gasteiger partial charge < -0.3 is 14.9 Å². The molecule has 0 aromatic heterocycles. The topological polar surface area (TPSA) is 0 Å². The van der Waals surface area contributed by atoms with Crippen LogP contribution in [0.15, 0.2) is 53.1 Å². The molecule has 0 N–H and O–H groups in total. The van der Waals surface area contributed by atoms with Crippen LogP contribution in [0, 0.1) is 61.5 Å². The van der Waals surface area contributed by atoms with Crippen molar-refractivity contribution in [3.8, 4) is 11.1 Å². The van der Waals surface area contributed by atoms with Crippen LogP contribution in [0.4, 0.5) is 0 Å². The molecular weight excluding hydrogens is 492 g/mol. The number of allylic oxidation sites excluding steroid dienone is 4. The summed E-state index contributed by atoms with van der Waals surface area (Å²) in [5.74, 6) is 0.560. The van der Waals surface area contributed by atoms with Crippen LogP contribution in [0.5, 0.6) is 0 Å². The second-order valence-electron chi connectivity index (χ2n) is 8.63. The Kier molecular flexibility index (Phi) is 12.9. The van der Waals surface area contributed by atoms with Gasteiger partial charge in [-0.15, -0.1) is 53.6 Å². The van der Waals surface area contributed by atoms with Gasteiger partial charge in [0.2, 0.25) is 0 Å². The van der Waals surface area contributed by atoms with E-state index in [4.69, 9.17) is 0 Å². The van der Waals surface area contributed by atoms with E-state index in [1.807, 2.05) is 0 Å². The molecule has 1 aliphatic carbocycles. The van der Waals surface area contributed by atoms with E-state index in [1.54, 1.807) is 0 Å². The maximum atomic E-state index is 3.36.